The van der Waals surface area contributed by atoms with Crippen molar-refractivity contribution >= 4 is 11.3 Å². The van der Waals surface area contributed by atoms with Crippen molar-refractivity contribution in [2.24, 2.45) is 0 Å². The third kappa shape index (κ3) is 1.90. The number of fused-ring (bicyclic) bond motifs is 3. The van der Waals surface area contributed by atoms with Crippen molar-refractivity contribution in [3.8, 4) is 22.3 Å². The van der Waals surface area contributed by atoms with Gasteiger partial charge in [-0.3, -0.25) is 0 Å². The van der Waals surface area contributed by atoms with Gasteiger partial charge in [-0.1, -0.05) is 36.4 Å². The number of aliphatic hydroxyl groups is 1. The van der Waals surface area contributed by atoms with E-state index in [-0.39, 0.29) is 11.1 Å². The summed E-state index contributed by atoms with van der Waals surface area (Å²) in [6.07, 6.45) is -4.79. The molecule has 1 N–H and O–H groups in total. The molecule has 3 aromatic rings. The van der Waals surface area contributed by atoms with Gasteiger partial charge in [-0.05, 0) is 45.1 Å². The second kappa shape index (κ2) is 4.69. The molecule has 1 nitrogen and oxygen atoms in total. The summed E-state index contributed by atoms with van der Waals surface area (Å²) in [6, 6.07) is 12.9. The van der Waals surface area contributed by atoms with Gasteiger partial charge in [-0.2, -0.15) is 24.5 Å². The van der Waals surface area contributed by atoms with E-state index >= 15 is 0 Å². The highest BCUT2D eigenvalue weighted by atomic mass is 32.1. The van der Waals surface area contributed by atoms with Crippen molar-refractivity contribution < 1.29 is 18.3 Å². The zero-order chi connectivity index (χ0) is 16.2. The first kappa shape index (κ1) is 14.5. The van der Waals surface area contributed by atoms with Gasteiger partial charge in [0.25, 0.3) is 0 Å². The Morgan fingerprint density at radius 3 is 2.30 bits per heavy atom. The molecule has 0 saturated heterocycles. The highest BCUT2D eigenvalue weighted by Gasteiger charge is 2.60. The fraction of sp³-hybridized carbons (Fsp3) is 0.111. The predicted octanol–water partition coefficient (Wildman–Crippen LogP) is 5.19. The molecular weight excluding hydrogens is 321 g/mol. The standard InChI is InChI=1S/C18H11F3OS/c19-18(20,21)17(22)15-4-2-1-3-13(15)14-6-5-11(9-16(14)17)12-7-8-23-10-12/h1-10,22H. The van der Waals surface area contributed by atoms with Crippen LogP contribution in [0.3, 0.4) is 0 Å². The quantitative estimate of drug-likeness (QED) is 0.650. The third-order valence-electron chi connectivity index (χ3n) is 4.28. The van der Waals surface area contributed by atoms with E-state index in [9.17, 15) is 18.3 Å². The fourth-order valence-corrected chi connectivity index (χ4v) is 3.84. The molecule has 2 aromatic carbocycles. The first-order chi connectivity index (χ1) is 10.9. The highest BCUT2D eigenvalue weighted by Crippen LogP contribution is 2.55. The lowest BCUT2D eigenvalue weighted by Gasteiger charge is -2.28. The second-order valence-corrected chi connectivity index (χ2v) is 6.31. The summed E-state index contributed by atoms with van der Waals surface area (Å²) in [5.74, 6) is 0. The molecule has 1 aliphatic carbocycles. The van der Waals surface area contributed by atoms with Crippen LogP contribution in [0.25, 0.3) is 22.3 Å². The largest absolute Gasteiger partial charge is 0.425 e. The smallest absolute Gasteiger partial charge is 0.372 e. The molecule has 1 atom stereocenters. The van der Waals surface area contributed by atoms with Crippen LogP contribution in [0.1, 0.15) is 11.1 Å². The van der Waals surface area contributed by atoms with Gasteiger partial charge >= 0.3 is 6.18 Å². The van der Waals surface area contributed by atoms with Crippen LogP contribution in [-0.2, 0) is 5.60 Å². The van der Waals surface area contributed by atoms with Gasteiger partial charge in [0.15, 0.2) is 0 Å². The highest BCUT2D eigenvalue weighted by molar-refractivity contribution is 7.08. The third-order valence-corrected chi connectivity index (χ3v) is 4.96. The molecular formula is C18H11F3OS. The topological polar surface area (TPSA) is 20.2 Å². The van der Waals surface area contributed by atoms with Gasteiger partial charge in [0.2, 0.25) is 5.60 Å². The van der Waals surface area contributed by atoms with Crippen LogP contribution in [0, 0.1) is 0 Å². The van der Waals surface area contributed by atoms with Crippen molar-refractivity contribution in [3.05, 3.63) is 70.4 Å². The lowest BCUT2D eigenvalue weighted by molar-refractivity contribution is -0.246. The molecule has 0 radical (unpaired) electrons. The van der Waals surface area contributed by atoms with Crippen LogP contribution in [0.15, 0.2) is 59.3 Å². The molecule has 0 bridgehead atoms. The Bertz CT molecular complexity index is 884. The Balaban J connectivity index is 2.02. The Hall–Kier alpha value is -2.11. The van der Waals surface area contributed by atoms with Crippen molar-refractivity contribution in [2.75, 3.05) is 0 Å². The molecule has 0 amide bonds. The van der Waals surface area contributed by atoms with E-state index in [1.807, 2.05) is 16.8 Å². The van der Waals surface area contributed by atoms with Crippen LogP contribution in [0.4, 0.5) is 13.2 Å². The molecule has 0 aliphatic heterocycles. The fourth-order valence-electron chi connectivity index (χ4n) is 3.17. The summed E-state index contributed by atoms with van der Waals surface area (Å²) in [7, 11) is 0. The molecule has 1 unspecified atom stereocenters. The van der Waals surface area contributed by atoms with Crippen LogP contribution < -0.4 is 0 Å². The van der Waals surface area contributed by atoms with Gasteiger partial charge in [-0.25, -0.2) is 0 Å². The number of alkyl halides is 3. The molecule has 116 valence electrons. The van der Waals surface area contributed by atoms with E-state index in [0.29, 0.717) is 16.7 Å². The van der Waals surface area contributed by atoms with Crippen LogP contribution >= 0.6 is 11.3 Å². The van der Waals surface area contributed by atoms with E-state index in [1.165, 1.54) is 29.5 Å². The zero-order valence-electron chi connectivity index (χ0n) is 11.8. The Morgan fingerprint density at radius 2 is 1.61 bits per heavy atom. The van der Waals surface area contributed by atoms with E-state index in [0.717, 1.165) is 5.56 Å². The molecule has 4 rings (SSSR count). The van der Waals surface area contributed by atoms with Crippen molar-refractivity contribution in [3.63, 3.8) is 0 Å². The maximum Gasteiger partial charge on any atom is 0.425 e. The molecule has 1 heterocycles. The van der Waals surface area contributed by atoms with Gasteiger partial charge in [-0.15, -0.1) is 0 Å². The van der Waals surface area contributed by atoms with Crippen LogP contribution in [0.2, 0.25) is 0 Å². The lowest BCUT2D eigenvalue weighted by Crippen LogP contribution is -2.41. The predicted molar refractivity (Wildman–Crippen MR) is 84.2 cm³/mol. The number of halogens is 3. The van der Waals surface area contributed by atoms with Gasteiger partial charge in [0.05, 0.1) is 0 Å². The van der Waals surface area contributed by atoms with Gasteiger partial charge < -0.3 is 5.11 Å². The van der Waals surface area contributed by atoms with E-state index in [2.05, 4.69) is 0 Å². The monoisotopic (exact) mass is 332 g/mol. The summed E-state index contributed by atoms with van der Waals surface area (Å²) in [4.78, 5) is 0. The average molecular weight is 332 g/mol. The molecule has 0 spiro atoms. The Labute approximate surface area is 134 Å². The first-order valence-electron chi connectivity index (χ1n) is 6.99. The zero-order valence-corrected chi connectivity index (χ0v) is 12.6. The van der Waals surface area contributed by atoms with Crippen molar-refractivity contribution in [2.45, 2.75) is 11.8 Å². The number of hydrogen-bond donors (Lipinski definition) is 1. The summed E-state index contributed by atoms with van der Waals surface area (Å²) < 4.78 is 41.2. The second-order valence-electron chi connectivity index (χ2n) is 5.53. The summed E-state index contributed by atoms with van der Waals surface area (Å²) in [6.45, 7) is 0. The van der Waals surface area contributed by atoms with E-state index in [1.54, 1.807) is 24.3 Å². The molecule has 5 heteroatoms. The van der Waals surface area contributed by atoms with Crippen LogP contribution in [-0.4, -0.2) is 11.3 Å². The lowest BCUT2D eigenvalue weighted by atomic mass is 9.89. The summed E-state index contributed by atoms with van der Waals surface area (Å²) in [5, 5.41) is 14.4. The van der Waals surface area contributed by atoms with E-state index in [4.69, 9.17) is 0 Å². The SMILES string of the molecule is OC1(C(F)(F)F)c2ccccc2-c2ccc(-c3ccsc3)cc21. The van der Waals surface area contributed by atoms with E-state index < -0.39 is 11.8 Å². The molecule has 0 saturated carbocycles. The van der Waals surface area contributed by atoms with Crippen molar-refractivity contribution in [1.82, 2.24) is 0 Å². The molecule has 1 aliphatic rings. The number of benzene rings is 2. The van der Waals surface area contributed by atoms with Gasteiger partial charge in [0.1, 0.15) is 0 Å². The van der Waals surface area contributed by atoms with Crippen LogP contribution in [0.5, 0.6) is 0 Å². The van der Waals surface area contributed by atoms with Gasteiger partial charge in [0, 0.05) is 11.1 Å². The number of hydrogen-bond acceptors (Lipinski definition) is 2. The molecule has 0 fully saturated rings. The Morgan fingerprint density at radius 1 is 0.870 bits per heavy atom. The Kier molecular flexibility index (Phi) is 2.95. The minimum atomic E-state index is -4.79. The maximum atomic E-state index is 13.7. The first-order valence-corrected chi connectivity index (χ1v) is 7.93. The van der Waals surface area contributed by atoms with Crippen molar-refractivity contribution in [1.29, 1.82) is 0 Å². The minimum Gasteiger partial charge on any atom is -0.372 e. The molecule has 1 aromatic heterocycles. The summed E-state index contributed by atoms with van der Waals surface area (Å²) >= 11 is 1.48. The molecule has 23 heavy (non-hydrogen) atoms. The number of rotatable bonds is 1. The average Bonchev–Trinajstić information content (AvgIpc) is 3.14. The maximum absolute atomic E-state index is 13.7. The number of thiophene rings is 1. The minimum absolute atomic E-state index is 0.102. The summed E-state index contributed by atoms with van der Waals surface area (Å²) in [5.41, 5.74) is -0.803. The normalized spacial score (nSPS) is 19.5.